The molecule has 9 heteroatoms. The fraction of sp³-hybridized carbons (Fsp3) is 0.259. The predicted molar refractivity (Wildman–Crippen MR) is 137 cm³/mol. The number of carbonyl (C=O) groups excluding carboxylic acids is 2. The van der Waals surface area contributed by atoms with E-state index in [9.17, 15) is 14.4 Å². The lowest BCUT2D eigenvalue weighted by molar-refractivity contribution is -0.131. The summed E-state index contributed by atoms with van der Waals surface area (Å²) in [6.45, 7) is 5.98. The number of aryl methyl sites for hydroxylation is 1. The molecule has 188 valence electrons. The van der Waals surface area contributed by atoms with E-state index in [1.807, 2.05) is 45.0 Å². The molecule has 0 bridgehead atoms. The molecule has 0 aliphatic carbocycles. The highest BCUT2D eigenvalue weighted by atomic mass is 16.5. The van der Waals surface area contributed by atoms with Crippen LogP contribution in [0.4, 0.5) is 16.2 Å². The fourth-order valence-corrected chi connectivity index (χ4v) is 3.56. The van der Waals surface area contributed by atoms with Crippen molar-refractivity contribution < 1.29 is 24.0 Å². The van der Waals surface area contributed by atoms with Crippen molar-refractivity contribution in [1.29, 1.82) is 0 Å². The molecule has 3 amide bonds. The molecule has 3 rings (SSSR count). The van der Waals surface area contributed by atoms with Crippen LogP contribution in [-0.2, 0) is 16.0 Å². The maximum atomic E-state index is 12.8. The van der Waals surface area contributed by atoms with E-state index < -0.39 is 5.97 Å². The normalized spacial score (nSPS) is 11.9. The minimum atomic E-state index is -1.09. The zero-order valence-corrected chi connectivity index (χ0v) is 20.4. The summed E-state index contributed by atoms with van der Waals surface area (Å²) < 4.78 is 5.18. The highest BCUT2D eigenvalue weighted by Gasteiger charge is 2.20. The quantitative estimate of drug-likeness (QED) is 0.290. The molecule has 0 aliphatic heterocycles. The van der Waals surface area contributed by atoms with Gasteiger partial charge in [-0.15, -0.1) is 0 Å². The average molecular weight is 491 g/mol. The second-order valence-electron chi connectivity index (χ2n) is 8.84. The summed E-state index contributed by atoms with van der Waals surface area (Å²) in [5, 5.41) is 21.4. The zero-order valence-electron chi connectivity index (χ0n) is 20.4. The van der Waals surface area contributed by atoms with Crippen LogP contribution in [0.15, 0.2) is 65.2 Å². The van der Waals surface area contributed by atoms with E-state index in [1.165, 1.54) is 6.08 Å². The number of carboxylic acids is 1. The van der Waals surface area contributed by atoms with Crippen molar-refractivity contribution in [2.24, 2.45) is 5.92 Å². The Hall–Kier alpha value is -4.40. The first-order chi connectivity index (χ1) is 17.2. The molecule has 9 nitrogen and oxygen atoms in total. The number of anilines is 2. The monoisotopic (exact) mass is 490 g/mol. The number of hydrogen-bond acceptors (Lipinski definition) is 5. The van der Waals surface area contributed by atoms with Crippen LogP contribution in [0.1, 0.15) is 48.9 Å². The van der Waals surface area contributed by atoms with Crippen molar-refractivity contribution >= 4 is 35.4 Å². The van der Waals surface area contributed by atoms with Gasteiger partial charge >= 0.3 is 12.0 Å². The van der Waals surface area contributed by atoms with E-state index in [1.54, 1.807) is 30.3 Å². The molecule has 0 radical (unpaired) electrons. The molecule has 2 aromatic carbocycles. The molecule has 0 saturated heterocycles. The molecule has 0 fully saturated rings. The largest absolute Gasteiger partial charge is 0.478 e. The second kappa shape index (κ2) is 12.3. The number of urea groups is 1. The molecule has 4 N–H and O–H groups in total. The summed E-state index contributed by atoms with van der Waals surface area (Å²) in [7, 11) is 0. The van der Waals surface area contributed by atoms with Gasteiger partial charge in [0.1, 0.15) is 5.69 Å². The van der Waals surface area contributed by atoms with Gasteiger partial charge in [-0.1, -0.05) is 49.3 Å². The lowest BCUT2D eigenvalue weighted by Gasteiger charge is -2.18. The number of hydrogen-bond donors (Lipinski definition) is 4. The number of aliphatic carboxylic acids is 1. The smallest absolute Gasteiger partial charge is 0.328 e. The third-order valence-electron chi connectivity index (χ3n) is 5.31. The number of nitrogens with one attached hydrogen (secondary N) is 3. The number of carbonyl (C=O) groups is 3. The van der Waals surface area contributed by atoms with Crippen molar-refractivity contribution in [3.05, 3.63) is 83.3 Å². The zero-order chi connectivity index (χ0) is 26.1. The molecule has 36 heavy (non-hydrogen) atoms. The molecular formula is C27H30N4O5. The number of amides is 3. The summed E-state index contributed by atoms with van der Waals surface area (Å²) in [6, 6.07) is 15.4. The molecular weight excluding hydrogens is 460 g/mol. The Balaban J connectivity index is 1.58. The van der Waals surface area contributed by atoms with Gasteiger partial charge in [0, 0.05) is 23.5 Å². The summed E-state index contributed by atoms with van der Waals surface area (Å²) in [6.07, 6.45) is 3.06. The van der Waals surface area contributed by atoms with Gasteiger partial charge in [0.05, 0.1) is 12.5 Å². The Morgan fingerprint density at radius 1 is 1.06 bits per heavy atom. The van der Waals surface area contributed by atoms with Crippen LogP contribution in [-0.4, -0.2) is 28.2 Å². The Kier molecular flexibility index (Phi) is 8.99. The van der Waals surface area contributed by atoms with E-state index in [0.29, 0.717) is 23.6 Å². The standard InChI is InChI=1S/C27H30N4O5/c1-17(2)14-23(24-16-21(36-31-24)12-13-26(33)34)29-25(32)15-19-8-10-20(11-9-19)28-27(35)30-22-7-5-4-6-18(22)3/h4-13,16-17,23H,14-15H2,1-3H3,(H,29,32)(H,33,34)(H2,28,30,35). The van der Waals surface area contributed by atoms with E-state index in [4.69, 9.17) is 9.63 Å². The summed E-state index contributed by atoms with van der Waals surface area (Å²) >= 11 is 0. The van der Waals surface area contributed by atoms with Gasteiger partial charge < -0.3 is 25.6 Å². The first-order valence-electron chi connectivity index (χ1n) is 11.6. The third kappa shape index (κ3) is 8.12. The van der Waals surface area contributed by atoms with Gasteiger partial charge in [0.15, 0.2) is 5.76 Å². The Morgan fingerprint density at radius 3 is 2.44 bits per heavy atom. The molecule has 1 unspecified atom stereocenters. The number of rotatable bonds is 10. The minimum Gasteiger partial charge on any atom is -0.478 e. The number of para-hydroxylation sites is 1. The average Bonchev–Trinajstić information content (AvgIpc) is 3.29. The van der Waals surface area contributed by atoms with E-state index in [-0.39, 0.29) is 30.3 Å². The van der Waals surface area contributed by atoms with Gasteiger partial charge in [-0.2, -0.15) is 0 Å². The molecule has 0 spiro atoms. The molecule has 1 heterocycles. The third-order valence-corrected chi connectivity index (χ3v) is 5.31. The first-order valence-corrected chi connectivity index (χ1v) is 11.6. The lowest BCUT2D eigenvalue weighted by Crippen LogP contribution is -2.31. The van der Waals surface area contributed by atoms with Crippen molar-refractivity contribution in [3.8, 4) is 0 Å². The SMILES string of the molecule is Cc1ccccc1NC(=O)Nc1ccc(CC(=O)NC(CC(C)C)c2cc(C=CC(=O)O)on2)cc1. The fourth-order valence-electron chi connectivity index (χ4n) is 3.56. The van der Waals surface area contributed by atoms with Gasteiger partial charge in [-0.05, 0) is 54.7 Å². The molecule has 3 aromatic rings. The minimum absolute atomic E-state index is 0.147. The second-order valence-corrected chi connectivity index (χ2v) is 8.84. The van der Waals surface area contributed by atoms with Crippen LogP contribution in [0.5, 0.6) is 0 Å². The maximum absolute atomic E-state index is 12.8. The Labute approximate surface area is 209 Å². The molecule has 0 aliphatic rings. The molecule has 1 aromatic heterocycles. The van der Waals surface area contributed by atoms with Crippen molar-refractivity contribution in [1.82, 2.24) is 10.5 Å². The summed E-state index contributed by atoms with van der Waals surface area (Å²) in [4.78, 5) is 35.7. The first kappa shape index (κ1) is 26.2. The van der Waals surface area contributed by atoms with Gasteiger partial charge in [0.25, 0.3) is 0 Å². The van der Waals surface area contributed by atoms with Crippen LogP contribution in [0, 0.1) is 12.8 Å². The van der Waals surface area contributed by atoms with Gasteiger partial charge in [0.2, 0.25) is 5.91 Å². The summed E-state index contributed by atoms with van der Waals surface area (Å²) in [5.41, 5.74) is 3.61. The van der Waals surface area contributed by atoms with Crippen LogP contribution in [0.2, 0.25) is 0 Å². The van der Waals surface area contributed by atoms with E-state index >= 15 is 0 Å². The summed E-state index contributed by atoms with van der Waals surface area (Å²) in [5.74, 6) is -0.705. The van der Waals surface area contributed by atoms with Crippen LogP contribution in [0.3, 0.4) is 0 Å². The highest BCUT2D eigenvalue weighted by Crippen LogP contribution is 2.22. The van der Waals surface area contributed by atoms with E-state index in [0.717, 1.165) is 22.9 Å². The predicted octanol–water partition coefficient (Wildman–Crippen LogP) is 5.17. The highest BCUT2D eigenvalue weighted by molar-refractivity contribution is 6.00. The van der Waals surface area contributed by atoms with E-state index in [2.05, 4.69) is 21.1 Å². The topological polar surface area (TPSA) is 134 Å². The number of aromatic nitrogens is 1. The van der Waals surface area contributed by atoms with Gasteiger partial charge in [-0.25, -0.2) is 9.59 Å². The lowest BCUT2D eigenvalue weighted by atomic mass is 10.0. The Morgan fingerprint density at radius 2 is 1.78 bits per heavy atom. The van der Waals surface area contributed by atoms with Crippen molar-refractivity contribution in [3.63, 3.8) is 0 Å². The van der Waals surface area contributed by atoms with Crippen molar-refractivity contribution in [2.75, 3.05) is 10.6 Å². The van der Waals surface area contributed by atoms with Gasteiger partial charge in [-0.3, -0.25) is 4.79 Å². The number of benzene rings is 2. The Bertz CT molecular complexity index is 1230. The van der Waals surface area contributed by atoms with Crippen LogP contribution in [0.25, 0.3) is 6.08 Å². The maximum Gasteiger partial charge on any atom is 0.328 e. The number of carboxylic acid groups (broad SMARTS) is 1. The van der Waals surface area contributed by atoms with Crippen LogP contribution < -0.4 is 16.0 Å². The number of nitrogens with zero attached hydrogens (tertiary/aromatic N) is 1. The molecule has 1 atom stereocenters. The van der Waals surface area contributed by atoms with Crippen LogP contribution >= 0.6 is 0 Å². The van der Waals surface area contributed by atoms with Crippen molar-refractivity contribution in [2.45, 2.75) is 39.7 Å². The molecule has 0 saturated carbocycles.